The first-order valence-corrected chi connectivity index (χ1v) is 21.9. The monoisotopic (exact) mass is 929 g/mol. The molecule has 3 aliphatic heterocycles. The molecule has 0 bridgehead atoms. The van der Waals surface area contributed by atoms with Crippen molar-refractivity contribution >= 4 is 81.7 Å². The van der Waals surface area contributed by atoms with Crippen LogP contribution in [0.5, 0.6) is 5.75 Å². The van der Waals surface area contributed by atoms with Crippen LogP contribution >= 0.6 is 23.2 Å². The summed E-state index contributed by atoms with van der Waals surface area (Å²) in [6.45, 7) is 4.98. The molecule has 0 saturated carbocycles. The van der Waals surface area contributed by atoms with Gasteiger partial charge in [0, 0.05) is 79.0 Å². The minimum absolute atomic E-state index is 0.00654. The van der Waals surface area contributed by atoms with Gasteiger partial charge in [0.05, 0.1) is 22.8 Å². The normalized spacial score (nSPS) is 18.4. The number of piperidine rings is 1. The summed E-state index contributed by atoms with van der Waals surface area (Å²) in [7, 11) is 0. The van der Waals surface area contributed by atoms with Gasteiger partial charge < -0.3 is 30.9 Å². The highest BCUT2D eigenvalue weighted by Crippen LogP contribution is 2.33. The Balaban J connectivity index is 0.842. The molecule has 2 fully saturated rings. The minimum Gasteiger partial charge on any atom is -0.489 e. The number of ether oxygens (including phenoxy) is 1. The Bertz CT molecular complexity index is 2550. The van der Waals surface area contributed by atoms with Gasteiger partial charge in [0.15, 0.2) is 17.3 Å². The second-order valence-corrected chi connectivity index (χ2v) is 16.8. The molecular formula is C45H46Cl2FN9O8. The van der Waals surface area contributed by atoms with E-state index in [0.717, 1.165) is 11.3 Å². The number of nitrogens with one attached hydrogen (secondary N) is 3. The highest BCUT2D eigenvalue weighted by atomic mass is 35.5. The van der Waals surface area contributed by atoms with Crippen LogP contribution in [0.4, 0.5) is 21.6 Å². The van der Waals surface area contributed by atoms with Crippen LogP contribution in [0.15, 0.2) is 60.7 Å². The summed E-state index contributed by atoms with van der Waals surface area (Å²) in [5.74, 6) is -3.68. The maximum atomic E-state index is 13.9. The predicted molar refractivity (Wildman–Crippen MR) is 238 cm³/mol. The van der Waals surface area contributed by atoms with Gasteiger partial charge in [-0.1, -0.05) is 35.7 Å². The Morgan fingerprint density at radius 2 is 1.68 bits per heavy atom. The average molecular weight is 931 g/mol. The molecule has 3 aromatic carbocycles. The maximum Gasteiger partial charge on any atom is 0.276 e. The van der Waals surface area contributed by atoms with Crippen molar-refractivity contribution < 1.29 is 42.7 Å². The molecule has 0 spiro atoms. The molecule has 3 aliphatic rings. The third-order valence-corrected chi connectivity index (χ3v) is 12.3. The minimum atomic E-state index is -1.05. The van der Waals surface area contributed by atoms with E-state index in [9.17, 15) is 38.0 Å². The Morgan fingerprint density at radius 1 is 0.938 bits per heavy atom. The van der Waals surface area contributed by atoms with E-state index in [2.05, 4.69) is 26.1 Å². The van der Waals surface area contributed by atoms with E-state index >= 15 is 0 Å². The molecule has 4 heterocycles. The van der Waals surface area contributed by atoms with Gasteiger partial charge in [0.25, 0.3) is 23.6 Å². The fraction of sp³-hybridized carbons (Fsp3) is 0.356. The van der Waals surface area contributed by atoms with Crippen LogP contribution < -0.4 is 26.4 Å². The number of aromatic nitrogens is 2. The van der Waals surface area contributed by atoms with Crippen molar-refractivity contribution in [3.8, 4) is 5.75 Å². The number of hydrogen-bond acceptors (Lipinski definition) is 12. The molecule has 4 aromatic rings. The van der Waals surface area contributed by atoms with Crippen molar-refractivity contribution in [3.63, 3.8) is 0 Å². The van der Waals surface area contributed by atoms with Crippen LogP contribution in [0, 0.1) is 5.82 Å². The standard InChI is InChI=1S/C45H46Cl2FN9O8/c1-24-22-55(43(62)26-10-12-27(13-11-26)51-41(60)33-21-35(40(49)54-53-33)65-20-18-28-30(46)14-15-31(48)39(28)47)23-25(2)56(24)37(59)9-4-3-5-19-50-32-8-6-7-29-38(32)45(64)57(44(29)63)34-16-17-36(58)52-42(34)61/h6-8,10-15,21,24-25,34,50H,3-5,9,16-20,22-23H2,1-2H3,(H2,49,54)(H,51,60)(H,52,58,61)/t24-,25+,34-/m1/s1. The van der Waals surface area contributed by atoms with Crippen molar-refractivity contribution in [2.75, 3.05) is 42.6 Å². The van der Waals surface area contributed by atoms with E-state index in [1.54, 1.807) is 47.4 Å². The maximum absolute atomic E-state index is 13.9. The molecule has 0 unspecified atom stereocenters. The summed E-state index contributed by atoms with van der Waals surface area (Å²) < 4.78 is 19.6. The highest BCUT2D eigenvalue weighted by Gasteiger charge is 2.45. The summed E-state index contributed by atoms with van der Waals surface area (Å²) in [5.41, 5.74) is 7.86. The number of anilines is 3. The first-order valence-electron chi connectivity index (χ1n) is 21.1. The first kappa shape index (κ1) is 46.3. The molecule has 7 amide bonds. The van der Waals surface area contributed by atoms with Gasteiger partial charge in [-0.2, -0.15) is 0 Å². The quantitative estimate of drug-likeness (QED) is 0.0658. The number of imide groups is 2. The Hall–Kier alpha value is -6.66. The number of unbranched alkanes of at least 4 members (excludes halogenated alkanes) is 2. The smallest absolute Gasteiger partial charge is 0.276 e. The molecule has 0 radical (unpaired) electrons. The number of amides is 7. The van der Waals surface area contributed by atoms with Crippen LogP contribution in [0.1, 0.15) is 99.5 Å². The zero-order valence-corrected chi connectivity index (χ0v) is 37.0. The number of hydrogen-bond donors (Lipinski definition) is 4. The molecule has 7 rings (SSSR count). The van der Waals surface area contributed by atoms with Gasteiger partial charge in [-0.3, -0.25) is 43.8 Å². The topological polar surface area (TPSA) is 226 Å². The van der Waals surface area contributed by atoms with Crippen LogP contribution in [0.3, 0.4) is 0 Å². The first-order chi connectivity index (χ1) is 31.1. The average Bonchev–Trinajstić information content (AvgIpc) is 3.53. The highest BCUT2D eigenvalue weighted by molar-refractivity contribution is 6.36. The largest absolute Gasteiger partial charge is 0.489 e. The summed E-state index contributed by atoms with van der Waals surface area (Å²) >= 11 is 12.2. The SMILES string of the molecule is C[C@@H]1CN(C(=O)c2ccc(NC(=O)c3cc(OCCc4c(Cl)ccc(F)c4Cl)c(N)nn3)cc2)C[C@H](C)N1C(=O)CCCCCNc1cccc2c1C(=O)N([C@@H]1CCC(=O)NC1=O)C2=O. The summed E-state index contributed by atoms with van der Waals surface area (Å²) in [4.78, 5) is 95.1. The van der Waals surface area contributed by atoms with Gasteiger partial charge in [-0.25, -0.2) is 4.39 Å². The van der Waals surface area contributed by atoms with Crippen LogP contribution in [-0.2, 0) is 20.8 Å². The molecule has 17 nitrogen and oxygen atoms in total. The van der Waals surface area contributed by atoms with E-state index in [0.29, 0.717) is 61.4 Å². The zero-order chi connectivity index (χ0) is 46.5. The number of carbonyl (C=O) groups is 7. The number of benzene rings is 3. The van der Waals surface area contributed by atoms with Crippen molar-refractivity contribution in [2.45, 2.75) is 76.9 Å². The molecule has 65 heavy (non-hydrogen) atoms. The molecule has 5 N–H and O–H groups in total. The summed E-state index contributed by atoms with van der Waals surface area (Å²) in [6.07, 6.45) is 2.62. The van der Waals surface area contributed by atoms with Crippen molar-refractivity contribution in [1.29, 1.82) is 0 Å². The van der Waals surface area contributed by atoms with Crippen LogP contribution in [-0.4, -0.2) is 111 Å². The van der Waals surface area contributed by atoms with Gasteiger partial charge in [0.2, 0.25) is 17.7 Å². The third-order valence-electron chi connectivity index (χ3n) is 11.5. The molecule has 20 heteroatoms. The van der Waals surface area contributed by atoms with Crippen LogP contribution in [0.2, 0.25) is 10.0 Å². The lowest BCUT2D eigenvalue weighted by molar-refractivity contribution is -0.139. The number of fused-ring (bicyclic) bond motifs is 1. The molecule has 0 aliphatic carbocycles. The molecular weight excluding hydrogens is 884 g/mol. The second-order valence-electron chi connectivity index (χ2n) is 16.1. The lowest BCUT2D eigenvalue weighted by atomic mass is 10.0. The van der Waals surface area contributed by atoms with Crippen LogP contribution in [0.25, 0.3) is 0 Å². The lowest BCUT2D eigenvalue weighted by Gasteiger charge is -2.44. The summed E-state index contributed by atoms with van der Waals surface area (Å²) in [6, 6.07) is 13.7. The van der Waals surface area contributed by atoms with Crippen molar-refractivity contribution in [1.82, 2.24) is 30.2 Å². The van der Waals surface area contributed by atoms with Crippen molar-refractivity contribution in [3.05, 3.63) is 104 Å². The molecule has 1 aromatic heterocycles. The van der Waals surface area contributed by atoms with E-state index in [1.165, 1.54) is 18.2 Å². The number of rotatable bonds is 15. The molecule has 3 atom stereocenters. The van der Waals surface area contributed by atoms with Gasteiger partial charge in [0.1, 0.15) is 11.9 Å². The molecule has 340 valence electrons. The number of nitrogens with two attached hydrogens (primary N) is 1. The number of nitrogens with zero attached hydrogens (tertiary/aromatic N) is 5. The predicted octanol–water partition coefficient (Wildman–Crippen LogP) is 5.51. The van der Waals surface area contributed by atoms with Gasteiger partial charge in [-0.15, -0.1) is 10.2 Å². The van der Waals surface area contributed by atoms with Crippen molar-refractivity contribution in [2.24, 2.45) is 0 Å². The van der Waals surface area contributed by atoms with E-state index < -0.39 is 41.4 Å². The Kier molecular flexibility index (Phi) is 14.3. The van der Waals surface area contributed by atoms with E-state index in [-0.39, 0.29) is 88.2 Å². The number of nitrogen functional groups attached to an aromatic ring is 1. The second kappa shape index (κ2) is 20.0. The Morgan fingerprint density at radius 3 is 2.40 bits per heavy atom. The Labute approximate surface area is 383 Å². The van der Waals surface area contributed by atoms with Gasteiger partial charge >= 0.3 is 0 Å². The number of piperazine rings is 1. The number of halogens is 3. The fourth-order valence-corrected chi connectivity index (χ4v) is 8.88. The zero-order valence-electron chi connectivity index (χ0n) is 35.5. The van der Waals surface area contributed by atoms with E-state index in [1.807, 2.05) is 18.7 Å². The summed E-state index contributed by atoms with van der Waals surface area (Å²) in [5, 5.41) is 16.0. The lowest BCUT2D eigenvalue weighted by Crippen LogP contribution is -2.59. The van der Waals surface area contributed by atoms with E-state index in [4.69, 9.17) is 33.7 Å². The number of carbonyl (C=O) groups excluding carboxylic acids is 7. The third kappa shape index (κ3) is 10.2. The molecule has 2 saturated heterocycles. The fourth-order valence-electron chi connectivity index (χ4n) is 8.32. The van der Waals surface area contributed by atoms with Gasteiger partial charge in [-0.05, 0) is 87.2 Å².